The van der Waals surface area contributed by atoms with Gasteiger partial charge in [-0.2, -0.15) is 0 Å². The van der Waals surface area contributed by atoms with Crippen LogP contribution in [0, 0.1) is 5.41 Å². The molecule has 3 atom stereocenters. The van der Waals surface area contributed by atoms with Crippen molar-refractivity contribution in [1.29, 1.82) is 0 Å². The number of carboxylic acids is 2. The molecule has 150 valence electrons. The number of rotatable bonds is 9. The number of thioether (sulfide) groups is 1. The molecule has 2 unspecified atom stereocenters. The van der Waals surface area contributed by atoms with Gasteiger partial charge in [0.1, 0.15) is 23.4 Å². The minimum Gasteiger partial charge on any atom is -0.481 e. The normalized spacial score (nSPS) is 26.5. The Balaban J connectivity index is 1.87. The summed E-state index contributed by atoms with van der Waals surface area (Å²) in [6, 6.07) is -0.745. The number of hydrogen-bond acceptors (Lipinski definition) is 7. The van der Waals surface area contributed by atoms with Gasteiger partial charge in [0.25, 0.3) is 0 Å². The van der Waals surface area contributed by atoms with Gasteiger partial charge in [-0.3, -0.25) is 19.2 Å². The van der Waals surface area contributed by atoms with Gasteiger partial charge in [-0.1, -0.05) is 0 Å². The van der Waals surface area contributed by atoms with Crippen LogP contribution in [0.4, 0.5) is 4.79 Å². The van der Waals surface area contributed by atoms with E-state index in [0.29, 0.717) is 12.8 Å². The molecule has 2 saturated heterocycles. The lowest BCUT2D eigenvalue weighted by atomic mass is 9.88. The van der Waals surface area contributed by atoms with Crippen molar-refractivity contribution < 1.29 is 38.9 Å². The van der Waals surface area contributed by atoms with Crippen LogP contribution in [-0.2, 0) is 23.9 Å². The maximum Gasteiger partial charge on any atom is 0.404 e. The van der Waals surface area contributed by atoms with Gasteiger partial charge in [0.2, 0.25) is 11.8 Å². The molecule has 0 bridgehead atoms. The van der Waals surface area contributed by atoms with E-state index in [9.17, 15) is 29.1 Å². The number of carbonyl (C=O) groups is 5. The van der Waals surface area contributed by atoms with Gasteiger partial charge >= 0.3 is 18.0 Å². The molecular weight excluding hydrogens is 382 g/mol. The third-order valence-electron chi connectivity index (χ3n) is 4.45. The number of fused-ring (bicyclic) bond motifs is 1. The van der Waals surface area contributed by atoms with Crippen molar-refractivity contribution >= 4 is 41.6 Å². The first-order chi connectivity index (χ1) is 12.7. The predicted octanol–water partition coefficient (Wildman–Crippen LogP) is -0.802. The van der Waals surface area contributed by atoms with Gasteiger partial charge in [0, 0.05) is 25.1 Å². The zero-order chi connectivity index (χ0) is 20.2. The summed E-state index contributed by atoms with van der Waals surface area (Å²) in [6.07, 6.45) is -0.238. The zero-order valence-corrected chi connectivity index (χ0v) is 15.2. The highest BCUT2D eigenvalue weighted by molar-refractivity contribution is 8.00. The van der Waals surface area contributed by atoms with Gasteiger partial charge in [0.15, 0.2) is 0 Å². The van der Waals surface area contributed by atoms with Crippen LogP contribution >= 0.6 is 11.8 Å². The minimum absolute atomic E-state index is 0.0213. The molecule has 11 nitrogen and oxygen atoms in total. The largest absolute Gasteiger partial charge is 0.481 e. The van der Waals surface area contributed by atoms with Crippen LogP contribution in [0.2, 0.25) is 0 Å². The van der Waals surface area contributed by atoms with Crippen molar-refractivity contribution in [2.24, 2.45) is 11.1 Å². The van der Waals surface area contributed by atoms with E-state index in [1.54, 1.807) is 0 Å². The standard InChI is InChI=1S/C15H21N3O8S/c16-14(25)26-6-15(13(23)24)5-18-11(22)10(12(18)27-7-15)17-8(19)3-1-2-4-9(20)21/h10,12H,1-7H2,(H2,16,25)(H,17,19)(H,20,21)(H,23,24)/t10?,12-,15?/m1/s1. The van der Waals surface area contributed by atoms with Gasteiger partial charge in [0.05, 0.1) is 0 Å². The van der Waals surface area contributed by atoms with Gasteiger partial charge < -0.3 is 30.9 Å². The van der Waals surface area contributed by atoms with Gasteiger partial charge in [-0.05, 0) is 12.8 Å². The number of nitrogens with zero attached hydrogens (tertiary/aromatic N) is 1. The van der Waals surface area contributed by atoms with E-state index in [4.69, 9.17) is 10.8 Å². The van der Waals surface area contributed by atoms with Crippen LogP contribution < -0.4 is 11.1 Å². The molecule has 0 aromatic rings. The highest BCUT2D eigenvalue weighted by atomic mass is 32.2. The second-order valence-electron chi connectivity index (χ2n) is 6.51. The molecule has 0 radical (unpaired) electrons. The van der Waals surface area contributed by atoms with Crippen LogP contribution in [0.1, 0.15) is 25.7 Å². The number of primary amides is 1. The number of nitrogens with one attached hydrogen (secondary N) is 1. The fourth-order valence-corrected chi connectivity index (χ4v) is 4.45. The highest BCUT2D eigenvalue weighted by Crippen LogP contribution is 2.42. The van der Waals surface area contributed by atoms with E-state index >= 15 is 0 Å². The first-order valence-electron chi connectivity index (χ1n) is 8.25. The Morgan fingerprint density at radius 2 is 1.93 bits per heavy atom. The summed E-state index contributed by atoms with van der Waals surface area (Å²) in [5.74, 6) is -2.80. The lowest BCUT2D eigenvalue weighted by Crippen LogP contribution is -2.74. The van der Waals surface area contributed by atoms with Gasteiger partial charge in [-0.25, -0.2) is 4.79 Å². The van der Waals surface area contributed by atoms with Gasteiger partial charge in [-0.15, -0.1) is 11.8 Å². The highest BCUT2D eigenvalue weighted by Gasteiger charge is 2.57. The summed E-state index contributed by atoms with van der Waals surface area (Å²) < 4.78 is 4.65. The van der Waals surface area contributed by atoms with Crippen molar-refractivity contribution in [3.05, 3.63) is 0 Å². The second kappa shape index (κ2) is 8.46. The molecule has 0 saturated carbocycles. The quantitative estimate of drug-likeness (QED) is 0.283. The van der Waals surface area contributed by atoms with Crippen molar-refractivity contribution in [1.82, 2.24) is 10.2 Å². The summed E-state index contributed by atoms with van der Waals surface area (Å²) in [5.41, 5.74) is 3.45. The van der Waals surface area contributed by atoms with E-state index in [2.05, 4.69) is 10.1 Å². The van der Waals surface area contributed by atoms with Crippen LogP contribution in [0.5, 0.6) is 0 Å². The SMILES string of the molecule is NC(=O)OCC1(C(=O)O)CS[C@@H]2C(NC(=O)CCCCC(=O)O)C(=O)N2C1. The van der Waals surface area contributed by atoms with Crippen LogP contribution in [0.25, 0.3) is 0 Å². The number of hydrogen-bond donors (Lipinski definition) is 4. The number of β-lactam (4-membered cyclic amide) rings is 1. The van der Waals surface area contributed by atoms with Crippen LogP contribution in [-0.4, -0.2) is 75.3 Å². The number of unbranched alkanes of at least 4 members (excludes halogenated alkanes) is 1. The van der Waals surface area contributed by atoms with E-state index in [1.807, 2.05) is 0 Å². The monoisotopic (exact) mass is 403 g/mol. The van der Waals surface area contributed by atoms with E-state index in [0.717, 1.165) is 0 Å². The smallest absolute Gasteiger partial charge is 0.404 e. The third kappa shape index (κ3) is 4.81. The molecule has 0 aromatic carbocycles. The number of carboxylic acid groups (broad SMARTS) is 2. The molecule has 2 fully saturated rings. The summed E-state index contributed by atoms with van der Waals surface area (Å²) >= 11 is 1.19. The minimum atomic E-state index is -1.45. The van der Waals surface area contributed by atoms with Crippen molar-refractivity contribution in [3.63, 3.8) is 0 Å². The average molecular weight is 403 g/mol. The van der Waals surface area contributed by atoms with Crippen molar-refractivity contribution in [3.8, 4) is 0 Å². The fourth-order valence-electron chi connectivity index (χ4n) is 2.92. The zero-order valence-electron chi connectivity index (χ0n) is 14.4. The lowest BCUT2D eigenvalue weighted by molar-refractivity contribution is -0.161. The van der Waals surface area contributed by atoms with Crippen molar-refractivity contribution in [2.75, 3.05) is 18.9 Å². The first-order valence-corrected chi connectivity index (χ1v) is 9.30. The van der Waals surface area contributed by atoms with Crippen LogP contribution in [0.15, 0.2) is 0 Å². The topological polar surface area (TPSA) is 176 Å². The molecule has 0 spiro atoms. The maximum atomic E-state index is 12.3. The molecule has 27 heavy (non-hydrogen) atoms. The molecule has 5 N–H and O–H groups in total. The molecule has 0 aromatic heterocycles. The summed E-state index contributed by atoms with van der Waals surface area (Å²) in [4.78, 5) is 58.4. The number of nitrogens with two attached hydrogens (primary N) is 1. The lowest BCUT2D eigenvalue weighted by Gasteiger charge is -2.53. The molecule has 3 amide bonds. The van der Waals surface area contributed by atoms with Crippen molar-refractivity contribution in [2.45, 2.75) is 37.1 Å². The average Bonchev–Trinajstić information content (AvgIpc) is 2.60. The molecule has 2 rings (SSSR count). The molecule has 12 heteroatoms. The molecular formula is C15H21N3O8S. The van der Waals surface area contributed by atoms with E-state index in [1.165, 1.54) is 16.7 Å². The maximum absolute atomic E-state index is 12.3. The Morgan fingerprint density at radius 3 is 2.52 bits per heavy atom. The van der Waals surface area contributed by atoms with E-state index < -0.39 is 42.0 Å². The Labute approximate surface area is 158 Å². The number of carbonyl (C=O) groups excluding carboxylic acids is 3. The molecule has 2 aliphatic heterocycles. The second-order valence-corrected chi connectivity index (χ2v) is 7.61. The van der Waals surface area contributed by atoms with Crippen LogP contribution in [0.3, 0.4) is 0 Å². The summed E-state index contributed by atoms with van der Waals surface area (Å²) in [5, 5.41) is 20.3. The Hall–Kier alpha value is -2.50. The molecule has 0 aliphatic carbocycles. The predicted molar refractivity (Wildman–Crippen MR) is 91.6 cm³/mol. The Morgan fingerprint density at radius 1 is 1.26 bits per heavy atom. The Bertz CT molecular complexity index is 657. The fraction of sp³-hybridized carbons (Fsp3) is 0.667. The molecule has 2 heterocycles. The third-order valence-corrected chi connectivity index (χ3v) is 6.04. The summed E-state index contributed by atoms with van der Waals surface area (Å²) in [7, 11) is 0. The number of aliphatic carboxylic acids is 2. The number of amides is 3. The Kier molecular flexibility index (Phi) is 6.52. The van der Waals surface area contributed by atoms with E-state index in [-0.39, 0.29) is 36.4 Å². The number of ether oxygens (including phenoxy) is 1. The molecule has 2 aliphatic rings. The first kappa shape index (κ1) is 20.8. The summed E-state index contributed by atoms with van der Waals surface area (Å²) in [6.45, 7) is -0.584.